The summed E-state index contributed by atoms with van der Waals surface area (Å²) in [6.45, 7) is 0.711. The second-order valence-electron chi connectivity index (χ2n) is 2.83. The lowest BCUT2D eigenvalue weighted by atomic mass is 10.3. The van der Waals surface area contributed by atoms with E-state index in [0.717, 1.165) is 5.56 Å². The molecule has 0 saturated heterocycles. The number of hydrogen-bond acceptors (Lipinski definition) is 3. The van der Waals surface area contributed by atoms with Crippen molar-refractivity contribution >= 4 is 17.3 Å². The van der Waals surface area contributed by atoms with E-state index in [1.807, 2.05) is 30.3 Å². The predicted molar refractivity (Wildman–Crippen MR) is 58.4 cm³/mol. The molecule has 0 unspecified atom stereocenters. The zero-order valence-corrected chi connectivity index (χ0v) is 9.04. The van der Waals surface area contributed by atoms with Crippen molar-refractivity contribution in [1.82, 2.24) is 15.4 Å². The highest BCUT2D eigenvalue weighted by Crippen LogP contribution is 2.00. The Labute approximate surface area is 88.8 Å². The lowest BCUT2D eigenvalue weighted by Gasteiger charge is -2.19. The van der Waals surface area contributed by atoms with Gasteiger partial charge in [0.2, 0.25) is 0 Å². The zero-order valence-electron chi connectivity index (χ0n) is 8.23. The third-order valence-corrected chi connectivity index (χ3v) is 2.07. The predicted octanol–water partition coefficient (Wildman–Crippen LogP) is 0.949. The number of nitrogens with one attached hydrogen (secondary N) is 1. The molecule has 0 amide bonds. The van der Waals surface area contributed by atoms with Gasteiger partial charge in [0.15, 0.2) is 5.11 Å². The van der Waals surface area contributed by atoms with Gasteiger partial charge in [0, 0.05) is 26.0 Å². The summed E-state index contributed by atoms with van der Waals surface area (Å²) in [5, 5.41) is 0.552. The molecule has 1 aromatic heterocycles. The summed E-state index contributed by atoms with van der Waals surface area (Å²) in [5.41, 5.74) is 3.71. The SMILES string of the molecule is CONC(=S)N(C)Cc1cccnc1. The summed E-state index contributed by atoms with van der Waals surface area (Å²) in [6, 6.07) is 3.90. The summed E-state index contributed by atoms with van der Waals surface area (Å²) in [4.78, 5) is 10.6. The van der Waals surface area contributed by atoms with Gasteiger partial charge in [-0.3, -0.25) is 9.82 Å². The average Bonchev–Trinajstić information content (AvgIpc) is 2.19. The Morgan fingerprint density at radius 3 is 3.07 bits per heavy atom. The van der Waals surface area contributed by atoms with Crippen molar-refractivity contribution in [2.45, 2.75) is 6.54 Å². The molecule has 0 saturated carbocycles. The van der Waals surface area contributed by atoms with E-state index in [1.54, 1.807) is 6.20 Å². The molecule has 0 aliphatic heterocycles. The van der Waals surface area contributed by atoms with Crippen molar-refractivity contribution in [1.29, 1.82) is 0 Å². The van der Waals surface area contributed by atoms with Gasteiger partial charge in [0.05, 0.1) is 7.11 Å². The number of rotatable bonds is 3. The summed E-state index contributed by atoms with van der Waals surface area (Å²) in [5.74, 6) is 0. The topological polar surface area (TPSA) is 37.4 Å². The molecule has 0 aliphatic carbocycles. The Hall–Kier alpha value is -1.20. The highest BCUT2D eigenvalue weighted by atomic mass is 32.1. The quantitative estimate of drug-likeness (QED) is 0.595. The number of hydroxylamine groups is 1. The van der Waals surface area contributed by atoms with Gasteiger partial charge < -0.3 is 4.90 Å². The van der Waals surface area contributed by atoms with E-state index in [2.05, 4.69) is 10.5 Å². The van der Waals surface area contributed by atoms with Crippen molar-refractivity contribution in [3.8, 4) is 0 Å². The maximum atomic E-state index is 5.04. The molecule has 1 heterocycles. The summed E-state index contributed by atoms with van der Waals surface area (Å²) in [7, 11) is 3.42. The Morgan fingerprint density at radius 1 is 1.71 bits per heavy atom. The van der Waals surface area contributed by atoms with Gasteiger partial charge in [-0.25, -0.2) is 5.48 Å². The van der Waals surface area contributed by atoms with Gasteiger partial charge in [-0.1, -0.05) is 6.07 Å². The molecule has 0 radical (unpaired) electrons. The van der Waals surface area contributed by atoms with Gasteiger partial charge in [-0.15, -0.1) is 0 Å². The van der Waals surface area contributed by atoms with E-state index >= 15 is 0 Å². The molecule has 1 aromatic rings. The first-order chi connectivity index (χ1) is 6.74. The summed E-state index contributed by atoms with van der Waals surface area (Å²) < 4.78 is 0. The highest BCUT2D eigenvalue weighted by molar-refractivity contribution is 7.80. The minimum atomic E-state index is 0.552. The van der Waals surface area contributed by atoms with Crippen LogP contribution in [0.25, 0.3) is 0 Å². The van der Waals surface area contributed by atoms with Gasteiger partial charge in [-0.2, -0.15) is 0 Å². The second kappa shape index (κ2) is 5.51. The Bertz CT molecular complexity index is 291. The number of aromatic nitrogens is 1. The standard InChI is InChI=1S/C9H13N3OS/c1-12(9(14)11-13-2)7-8-4-3-5-10-6-8/h3-6H,7H2,1-2H3,(H,11,14). The average molecular weight is 211 g/mol. The van der Waals surface area contributed by atoms with Crippen LogP contribution in [0.2, 0.25) is 0 Å². The minimum absolute atomic E-state index is 0.552. The molecule has 0 spiro atoms. The Balaban J connectivity index is 2.49. The van der Waals surface area contributed by atoms with Crippen LogP contribution in [0.15, 0.2) is 24.5 Å². The molecule has 0 atom stereocenters. The van der Waals surface area contributed by atoms with Crippen molar-refractivity contribution in [2.24, 2.45) is 0 Å². The molecule has 0 bridgehead atoms. The molecule has 0 aromatic carbocycles. The fourth-order valence-electron chi connectivity index (χ4n) is 1.00. The summed E-state index contributed by atoms with van der Waals surface area (Å²) in [6.07, 6.45) is 3.56. The van der Waals surface area contributed by atoms with E-state index in [1.165, 1.54) is 7.11 Å². The lowest BCUT2D eigenvalue weighted by molar-refractivity contribution is 0.135. The first-order valence-electron chi connectivity index (χ1n) is 4.17. The van der Waals surface area contributed by atoms with E-state index in [9.17, 15) is 0 Å². The van der Waals surface area contributed by atoms with Gasteiger partial charge in [0.25, 0.3) is 0 Å². The molecule has 0 aliphatic rings. The monoisotopic (exact) mass is 211 g/mol. The number of nitrogens with zero attached hydrogens (tertiary/aromatic N) is 2. The smallest absolute Gasteiger partial charge is 0.193 e. The van der Waals surface area contributed by atoms with Crippen LogP contribution >= 0.6 is 12.2 Å². The molecule has 1 rings (SSSR count). The number of pyridine rings is 1. The third-order valence-electron chi connectivity index (χ3n) is 1.68. The fraction of sp³-hybridized carbons (Fsp3) is 0.333. The molecule has 0 fully saturated rings. The molecule has 76 valence electrons. The molecule has 4 nitrogen and oxygen atoms in total. The van der Waals surface area contributed by atoms with Gasteiger partial charge in [-0.05, 0) is 23.8 Å². The first-order valence-corrected chi connectivity index (χ1v) is 4.58. The number of thiocarbonyl (C=S) groups is 1. The molecule has 1 N–H and O–H groups in total. The normalized spacial score (nSPS) is 9.57. The Kier molecular flexibility index (Phi) is 4.28. The van der Waals surface area contributed by atoms with Crippen LogP contribution in [0.1, 0.15) is 5.56 Å². The van der Waals surface area contributed by atoms with Crippen molar-refractivity contribution < 1.29 is 4.84 Å². The van der Waals surface area contributed by atoms with Crippen molar-refractivity contribution in [3.63, 3.8) is 0 Å². The molecule has 5 heteroatoms. The highest BCUT2D eigenvalue weighted by Gasteiger charge is 2.03. The van der Waals surface area contributed by atoms with E-state index < -0.39 is 0 Å². The molecular formula is C9H13N3OS. The zero-order chi connectivity index (χ0) is 10.4. The van der Waals surface area contributed by atoms with E-state index in [-0.39, 0.29) is 0 Å². The molecule has 14 heavy (non-hydrogen) atoms. The third kappa shape index (κ3) is 3.27. The van der Waals surface area contributed by atoms with Crippen LogP contribution in [-0.2, 0) is 11.4 Å². The van der Waals surface area contributed by atoms with Crippen LogP contribution in [0.4, 0.5) is 0 Å². The second-order valence-corrected chi connectivity index (χ2v) is 3.22. The van der Waals surface area contributed by atoms with Crippen LogP contribution < -0.4 is 5.48 Å². The van der Waals surface area contributed by atoms with Crippen LogP contribution in [0, 0.1) is 0 Å². The largest absolute Gasteiger partial charge is 0.346 e. The van der Waals surface area contributed by atoms with Crippen LogP contribution in [0.5, 0.6) is 0 Å². The first kappa shape index (κ1) is 10.9. The van der Waals surface area contributed by atoms with E-state index in [0.29, 0.717) is 11.7 Å². The van der Waals surface area contributed by atoms with Crippen LogP contribution in [0.3, 0.4) is 0 Å². The fourth-order valence-corrected chi connectivity index (χ4v) is 1.15. The van der Waals surface area contributed by atoms with Gasteiger partial charge in [0.1, 0.15) is 0 Å². The maximum Gasteiger partial charge on any atom is 0.193 e. The van der Waals surface area contributed by atoms with Gasteiger partial charge >= 0.3 is 0 Å². The van der Waals surface area contributed by atoms with Crippen LogP contribution in [-0.4, -0.2) is 29.2 Å². The summed E-state index contributed by atoms with van der Waals surface area (Å²) >= 11 is 5.04. The number of hydrogen-bond donors (Lipinski definition) is 1. The molecular weight excluding hydrogens is 198 g/mol. The minimum Gasteiger partial charge on any atom is -0.346 e. The Morgan fingerprint density at radius 2 is 2.50 bits per heavy atom. The van der Waals surface area contributed by atoms with E-state index in [4.69, 9.17) is 17.1 Å². The van der Waals surface area contributed by atoms with Crippen molar-refractivity contribution in [3.05, 3.63) is 30.1 Å². The lowest BCUT2D eigenvalue weighted by Crippen LogP contribution is -2.35. The maximum absolute atomic E-state index is 5.04. The van der Waals surface area contributed by atoms with Crippen molar-refractivity contribution in [2.75, 3.05) is 14.2 Å².